The minimum absolute atomic E-state index is 0.114. The highest BCUT2D eigenvalue weighted by Gasteiger charge is 2.20. The molecule has 2 aromatic carbocycles. The molecule has 0 aliphatic rings. The van der Waals surface area contributed by atoms with Crippen LogP contribution in [0.3, 0.4) is 0 Å². The zero-order valence-electron chi connectivity index (χ0n) is 13.6. The molecular weight excluding hydrogens is 349 g/mol. The average molecular weight is 362 g/mol. The smallest absolute Gasteiger partial charge is 0.338 e. The molecule has 26 heavy (non-hydrogen) atoms. The molecule has 0 amide bonds. The van der Waals surface area contributed by atoms with Crippen LogP contribution in [-0.2, 0) is 9.59 Å². The van der Waals surface area contributed by atoms with Gasteiger partial charge in [0.2, 0.25) is 5.82 Å². The fourth-order valence-electron chi connectivity index (χ4n) is 1.94. The van der Waals surface area contributed by atoms with E-state index < -0.39 is 40.7 Å². The van der Waals surface area contributed by atoms with Crippen LogP contribution in [0.1, 0.15) is 6.92 Å². The molecule has 4 nitrogen and oxygen atoms in total. The van der Waals surface area contributed by atoms with Crippen molar-refractivity contribution in [1.82, 2.24) is 0 Å². The van der Waals surface area contributed by atoms with E-state index in [2.05, 4.69) is 17.9 Å². The van der Waals surface area contributed by atoms with E-state index in [4.69, 9.17) is 4.74 Å². The summed E-state index contributed by atoms with van der Waals surface area (Å²) in [7, 11) is 0. The normalized spacial score (nSPS) is 10.2. The number of carbonyl (C=O) groups excluding carboxylic acids is 2. The summed E-state index contributed by atoms with van der Waals surface area (Å²) in [5, 5.41) is 0. The minimum Gasteiger partial charge on any atom is -0.423 e. The molecule has 134 valence electrons. The van der Waals surface area contributed by atoms with E-state index in [-0.39, 0.29) is 16.9 Å². The molecule has 0 N–H and O–H groups in total. The molecular formula is C19H13F3O4. The van der Waals surface area contributed by atoms with Gasteiger partial charge in [-0.1, -0.05) is 13.2 Å². The minimum atomic E-state index is -1.45. The molecule has 0 aromatic heterocycles. The Bertz CT molecular complexity index is 919. The number of carbonyl (C=O) groups is 2. The van der Waals surface area contributed by atoms with Gasteiger partial charge in [0, 0.05) is 28.8 Å². The lowest BCUT2D eigenvalue weighted by Gasteiger charge is -2.10. The van der Waals surface area contributed by atoms with Gasteiger partial charge >= 0.3 is 11.9 Å². The molecule has 7 heteroatoms. The first-order valence-electron chi connectivity index (χ1n) is 7.24. The molecule has 0 heterocycles. The van der Waals surface area contributed by atoms with Crippen LogP contribution in [0, 0.1) is 17.5 Å². The van der Waals surface area contributed by atoms with Crippen LogP contribution in [0.2, 0.25) is 0 Å². The van der Waals surface area contributed by atoms with Crippen LogP contribution >= 0.6 is 0 Å². The lowest BCUT2D eigenvalue weighted by molar-refractivity contribution is -0.130. The molecule has 0 fully saturated rings. The average Bonchev–Trinajstić information content (AvgIpc) is 2.59. The summed E-state index contributed by atoms with van der Waals surface area (Å²) in [6, 6.07) is 5.26. The lowest BCUT2D eigenvalue weighted by atomic mass is 10.0. The van der Waals surface area contributed by atoms with Crippen molar-refractivity contribution in [1.29, 1.82) is 0 Å². The second-order valence-corrected chi connectivity index (χ2v) is 5.18. The van der Waals surface area contributed by atoms with Crippen molar-refractivity contribution in [3.05, 3.63) is 72.6 Å². The van der Waals surface area contributed by atoms with Crippen LogP contribution in [0.15, 0.2) is 55.1 Å². The molecule has 0 saturated heterocycles. The number of rotatable bonds is 5. The van der Waals surface area contributed by atoms with Gasteiger partial charge in [0.25, 0.3) is 0 Å². The summed E-state index contributed by atoms with van der Waals surface area (Å²) in [6.07, 6.45) is 0.788. The van der Waals surface area contributed by atoms with Gasteiger partial charge < -0.3 is 9.47 Å². The molecule has 0 bridgehead atoms. The summed E-state index contributed by atoms with van der Waals surface area (Å²) < 4.78 is 51.9. The first kappa shape index (κ1) is 19.0. The molecule has 0 unspecified atom stereocenters. The van der Waals surface area contributed by atoms with E-state index in [1.165, 1.54) is 13.0 Å². The van der Waals surface area contributed by atoms with Crippen LogP contribution < -0.4 is 9.47 Å². The quantitative estimate of drug-likeness (QED) is 0.451. The Balaban J connectivity index is 2.38. The highest BCUT2D eigenvalue weighted by Crippen LogP contribution is 2.33. The number of esters is 2. The zero-order chi connectivity index (χ0) is 19.4. The number of hydrogen-bond donors (Lipinski definition) is 0. The van der Waals surface area contributed by atoms with Crippen molar-refractivity contribution in [3.63, 3.8) is 0 Å². The maximum absolute atomic E-state index is 14.3. The Kier molecular flexibility index (Phi) is 5.61. The first-order chi connectivity index (χ1) is 12.2. The maximum Gasteiger partial charge on any atom is 0.338 e. The molecule has 0 atom stereocenters. The van der Waals surface area contributed by atoms with Gasteiger partial charge in [0.1, 0.15) is 11.6 Å². The van der Waals surface area contributed by atoms with E-state index in [0.29, 0.717) is 0 Å². The van der Waals surface area contributed by atoms with Gasteiger partial charge in [-0.05, 0) is 31.2 Å². The zero-order valence-corrected chi connectivity index (χ0v) is 13.6. The van der Waals surface area contributed by atoms with E-state index in [1.54, 1.807) is 0 Å². The van der Waals surface area contributed by atoms with Crippen molar-refractivity contribution < 1.29 is 32.2 Å². The van der Waals surface area contributed by atoms with Crippen molar-refractivity contribution in [2.24, 2.45) is 0 Å². The van der Waals surface area contributed by atoms with Crippen LogP contribution in [-0.4, -0.2) is 11.9 Å². The molecule has 0 spiro atoms. The van der Waals surface area contributed by atoms with E-state index >= 15 is 0 Å². The summed E-state index contributed by atoms with van der Waals surface area (Å²) in [5.74, 6) is -6.26. The standard InChI is InChI=1S/C19H13F3O4/c1-4-16(23)26-15-8-7-13(17(21)18(15)22)12-6-5-11(9-14(12)20)25-19(24)10(2)3/h4-9H,1-2H2,3H3. The predicted molar refractivity (Wildman–Crippen MR) is 88.0 cm³/mol. The van der Waals surface area contributed by atoms with Gasteiger partial charge in [-0.2, -0.15) is 4.39 Å². The largest absolute Gasteiger partial charge is 0.423 e. The Labute approximate surface area is 147 Å². The Hall–Kier alpha value is -3.35. The molecule has 0 saturated carbocycles. The Morgan fingerprint density at radius 2 is 1.65 bits per heavy atom. The van der Waals surface area contributed by atoms with Gasteiger partial charge in [-0.15, -0.1) is 0 Å². The van der Waals surface area contributed by atoms with Crippen molar-refractivity contribution in [3.8, 4) is 22.6 Å². The first-order valence-corrected chi connectivity index (χ1v) is 7.24. The molecule has 0 aliphatic heterocycles. The Morgan fingerprint density at radius 3 is 2.23 bits per heavy atom. The van der Waals surface area contributed by atoms with Crippen molar-refractivity contribution in [2.75, 3.05) is 0 Å². The van der Waals surface area contributed by atoms with Gasteiger partial charge in [-0.3, -0.25) is 0 Å². The lowest BCUT2D eigenvalue weighted by Crippen LogP contribution is -2.08. The third kappa shape index (κ3) is 4.00. The summed E-state index contributed by atoms with van der Waals surface area (Å²) >= 11 is 0. The van der Waals surface area contributed by atoms with Gasteiger partial charge in [0.05, 0.1) is 0 Å². The Morgan fingerprint density at radius 1 is 1.00 bits per heavy atom. The monoisotopic (exact) mass is 362 g/mol. The van der Waals surface area contributed by atoms with Crippen LogP contribution in [0.5, 0.6) is 11.5 Å². The van der Waals surface area contributed by atoms with E-state index in [0.717, 1.165) is 30.3 Å². The fraction of sp³-hybridized carbons (Fsp3) is 0.0526. The van der Waals surface area contributed by atoms with Gasteiger partial charge in [0.15, 0.2) is 11.6 Å². The number of benzene rings is 2. The van der Waals surface area contributed by atoms with Gasteiger partial charge in [-0.25, -0.2) is 18.4 Å². The fourth-order valence-corrected chi connectivity index (χ4v) is 1.94. The third-order valence-corrected chi connectivity index (χ3v) is 3.21. The molecule has 0 aliphatic carbocycles. The predicted octanol–water partition coefficient (Wildman–Crippen LogP) is 4.34. The molecule has 0 radical (unpaired) electrons. The summed E-state index contributed by atoms with van der Waals surface area (Å²) in [4.78, 5) is 22.5. The second-order valence-electron chi connectivity index (χ2n) is 5.18. The van der Waals surface area contributed by atoms with E-state index in [9.17, 15) is 22.8 Å². The van der Waals surface area contributed by atoms with Crippen molar-refractivity contribution >= 4 is 11.9 Å². The summed E-state index contributed by atoms with van der Waals surface area (Å²) in [5.41, 5.74) is -0.540. The van der Waals surface area contributed by atoms with Crippen molar-refractivity contribution in [2.45, 2.75) is 6.92 Å². The molecule has 2 aromatic rings. The van der Waals surface area contributed by atoms with Crippen LogP contribution in [0.25, 0.3) is 11.1 Å². The highest BCUT2D eigenvalue weighted by molar-refractivity contribution is 5.88. The summed E-state index contributed by atoms with van der Waals surface area (Å²) in [6.45, 7) is 7.96. The number of hydrogen-bond acceptors (Lipinski definition) is 4. The third-order valence-electron chi connectivity index (χ3n) is 3.21. The number of ether oxygens (including phenoxy) is 2. The number of halogens is 3. The SMILES string of the molecule is C=CC(=O)Oc1ccc(-c2ccc(OC(=O)C(=C)C)cc2F)c(F)c1F. The molecule has 2 rings (SSSR count). The maximum atomic E-state index is 14.3. The van der Waals surface area contributed by atoms with Crippen LogP contribution in [0.4, 0.5) is 13.2 Å². The topological polar surface area (TPSA) is 52.6 Å². The highest BCUT2D eigenvalue weighted by atomic mass is 19.2. The second kappa shape index (κ2) is 7.69. The van der Waals surface area contributed by atoms with E-state index in [1.807, 2.05) is 0 Å².